The normalized spacial score (nSPS) is 17.7. The zero-order valence-corrected chi connectivity index (χ0v) is 15.5. The fourth-order valence-electron chi connectivity index (χ4n) is 3.03. The Morgan fingerprint density at radius 3 is 3.12 bits per heavy atom. The van der Waals surface area contributed by atoms with Crippen molar-refractivity contribution in [2.45, 2.75) is 39.3 Å². The van der Waals surface area contributed by atoms with Gasteiger partial charge in [-0.1, -0.05) is 18.9 Å². The van der Waals surface area contributed by atoms with Gasteiger partial charge in [0.05, 0.1) is 10.9 Å². The van der Waals surface area contributed by atoms with Gasteiger partial charge in [0.1, 0.15) is 11.5 Å². The third-order valence-electron chi connectivity index (χ3n) is 4.42. The number of nitrogens with one attached hydrogen (secondary N) is 1. The molecule has 5 heteroatoms. The van der Waals surface area contributed by atoms with Crippen LogP contribution in [0.1, 0.15) is 31.7 Å². The van der Waals surface area contributed by atoms with Gasteiger partial charge in [0, 0.05) is 38.2 Å². The van der Waals surface area contributed by atoms with Crippen molar-refractivity contribution in [2.24, 2.45) is 4.99 Å². The molecule has 1 aromatic heterocycles. The van der Waals surface area contributed by atoms with Gasteiger partial charge in [0.25, 0.3) is 5.56 Å². The van der Waals surface area contributed by atoms with Crippen LogP contribution in [0.4, 0.5) is 0 Å². The van der Waals surface area contributed by atoms with E-state index in [0.29, 0.717) is 17.4 Å². The molecular formula is C21H24N4O. The van der Waals surface area contributed by atoms with Crippen molar-refractivity contribution in [1.82, 2.24) is 14.9 Å². The Kier molecular flexibility index (Phi) is 5.65. The van der Waals surface area contributed by atoms with E-state index in [0.717, 1.165) is 36.5 Å². The van der Waals surface area contributed by atoms with Crippen molar-refractivity contribution in [3.8, 4) is 11.8 Å². The Balaban J connectivity index is 2.01. The number of aliphatic imine (C=N–C) groups is 1. The average molecular weight is 348 g/mol. The van der Waals surface area contributed by atoms with Gasteiger partial charge in [0.2, 0.25) is 0 Å². The summed E-state index contributed by atoms with van der Waals surface area (Å²) >= 11 is 0. The minimum Gasteiger partial charge on any atom is -0.312 e. The molecule has 5 nitrogen and oxygen atoms in total. The summed E-state index contributed by atoms with van der Waals surface area (Å²) in [4.78, 5) is 21.8. The van der Waals surface area contributed by atoms with Crippen LogP contribution in [0.25, 0.3) is 10.9 Å². The molecule has 26 heavy (non-hydrogen) atoms. The summed E-state index contributed by atoms with van der Waals surface area (Å²) in [5, 5.41) is 4.04. The number of rotatable bonds is 2. The summed E-state index contributed by atoms with van der Waals surface area (Å²) in [6, 6.07) is 5.86. The smallest absolute Gasteiger partial charge is 0.261 e. The maximum atomic E-state index is 12.8. The van der Waals surface area contributed by atoms with Crippen molar-refractivity contribution >= 4 is 16.6 Å². The zero-order chi connectivity index (χ0) is 18.5. The molecule has 0 aliphatic carbocycles. The van der Waals surface area contributed by atoms with Gasteiger partial charge in [-0.05, 0) is 43.5 Å². The Labute approximate surface area is 153 Å². The zero-order valence-electron chi connectivity index (χ0n) is 15.5. The van der Waals surface area contributed by atoms with Crippen molar-refractivity contribution in [2.75, 3.05) is 13.6 Å². The van der Waals surface area contributed by atoms with Crippen LogP contribution in [-0.2, 0) is 13.0 Å². The van der Waals surface area contributed by atoms with E-state index < -0.39 is 0 Å². The van der Waals surface area contributed by atoms with Crippen molar-refractivity contribution in [1.29, 1.82) is 0 Å². The summed E-state index contributed by atoms with van der Waals surface area (Å²) in [7, 11) is 1.73. The van der Waals surface area contributed by atoms with Crippen molar-refractivity contribution < 1.29 is 0 Å². The summed E-state index contributed by atoms with van der Waals surface area (Å²) < 4.78 is 1.80. The van der Waals surface area contributed by atoms with Crippen LogP contribution in [0.5, 0.6) is 0 Å². The first-order chi connectivity index (χ1) is 12.6. The minimum absolute atomic E-state index is 0.0294. The number of benzene rings is 1. The fraction of sp³-hybridized carbons (Fsp3) is 0.381. The summed E-state index contributed by atoms with van der Waals surface area (Å²) in [6.07, 6.45) is 5.65. The number of allylic oxidation sites excluding steroid dienone is 2. The second-order valence-corrected chi connectivity index (χ2v) is 6.45. The molecule has 1 unspecified atom stereocenters. The highest BCUT2D eigenvalue weighted by molar-refractivity contribution is 6.09. The van der Waals surface area contributed by atoms with E-state index in [1.165, 1.54) is 0 Å². The monoisotopic (exact) mass is 348 g/mol. The molecule has 0 radical (unpaired) electrons. The number of aromatic nitrogens is 2. The molecule has 1 atom stereocenters. The van der Waals surface area contributed by atoms with Crippen LogP contribution in [-0.4, -0.2) is 34.9 Å². The highest BCUT2D eigenvalue weighted by Gasteiger charge is 2.16. The first kappa shape index (κ1) is 18.1. The van der Waals surface area contributed by atoms with Crippen LogP contribution >= 0.6 is 0 Å². The quantitative estimate of drug-likeness (QED) is 0.669. The van der Waals surface area contributed by atoms with Crippen molar-refractivity contribution in [3.63, 3.8) is 0 Å². The van der Waals surface area contributed by atoms with E-state index in [2.05, 4.69) is 36.0 Å². The van der Waals surface area contributed by atoms with Gasteiger partial charge in [-0.25, -0.2) is 4.98 Å². The lowest BCUT2D eigenvalue weighted by Crippen LogP contribution is -2.32. The van der Waals surface area contributed by atoms with Gasteiger partial charge >= 0.3 is 0 Å². The van der Waals surface area contributed by atoms with E-state index in [4.69, 9.17) is 4.98 Å². The first-order valence-electron chi connectivity index (χ1n) is 9.04. The third kappa shape index (κ3) is 3.92. The molecule has 0 fully saturated rings. The maximum absolute atomic E-state index is 12.8. The Morgan fingerprint density at radius 1 is 1.50 bits per heavy atom. The molecule has 1 N–H and O–H groups in total. The minimum atomic E-state index is 0.0294. The third-order valence-corrected chi connectivity index (χ3v) is 4.42. The molecule has 3 rings (SSSR count). The SMILES string of the molecule is CC/C=C\C(C#Cc1ccc2c(=O)n3c(nc2c1)CCNC(C)C3)=NC. The highest BCUT2D eigenvalue weighted by Crippen LogP contribution is 2.13. The molecule has 134 valence electrons. The molecule has 2 aromatic rings. The van der Waals surface area contributed by atoms with Gasteiger partial charge in [-0.15, -0.1) is 0 Å². The Morgan fingerprint density at radius 2 is 2.35 bits per heavy atom. The van der Waals surface area contributed by atoms with Crippen LogP contribution in [0.2, 0.25) is 0 Å². The van der Waals surface area contributed by atoms with Crippen LogP contribution in [0.3, 0.4) is 0 Å². The standard InChI is InChI=1S/C21H24N4O/c1-4-5-6-17(22-3)9-7-16-8-10-18-19(13-16)24-20-11-12-23-15(2)14-25(20)21(18)26/h5-6,8,10,13,15,23H,4,11-12,14H2,1-3H3/b6-5-,22-17?. The maximum Gasteiger partial charge on any atom is 0.261 e. The van der Waals surface area contributed by atoms with Gasteiger partial charge in [-0.2, -0.15) is 0 Å². The predicted octanol–water partition coefficient (Wildman–Crippen LogP) is 2.32. The molecule has 0 bridgehead atoms. The Hall–Kier alpha value is -2.71. The second-order valence-electron chi connectivity index (χ2n) is 6.45. The molecule has 0 amide bonds. The van der Waals surface area contributed by atoms with E-state index in [-0.39, 0.29) is 11.6 Å². The van der Waals surface area contributed by atoms with E-state index in [9.17, 15) is 4.79 Å². The van der Waals surface area contributed by atoms with Gasteiger partial charge in [-0.3, -0.25) is 14.4 Å². The molecule has 0 saturated carbocycles. The molecular weight excluding hydrogens is 324 g/mol. The lowest BCUT2D eigenvalue weighted by molar-refractivity contribution is 0.502. The van der Waals surface area contributed by atoms with Crippen LogP contribution in [0.15, 0.2) is 40.1 Å². The second kappa shape index (κ2) is 8.11. The molecule has 1 aliphatic heterocycles. The van der Waals surface area contributed by atoms with E-state index >= 15 is 0 Å². The van der Waals surface area contributed by atoms with Crippen LogP contribution in [0, 0.1) is 11.8 Å². The van der Waals surface area contributed by atoms with Gasteiger partial charge < -0.3 is 5.32 Å². The Bertz CT molecular complexity index is 989. The number of hydrogen-bond acceptors (Lipinski definition) is 4. The fourth-order valence-corrected chi connectivity index (χ4v) is 3.03. The van der Waals surface area contributed by atoms with Gasteiger partial charge in [0.15, 0.2) is 0 Å². The predicted molar refractivity (Wildman–Crippen MR) is 107 cm³/mol. The molecule has 1 aliphatic rings. The first-order valence-corrected chi connectivity index (χ1v) is 9.04. The van der Waals surface area contributed by atoms with Crippen molar-refractivity contribution in [3.05, 3.63) is 52.1 Å². The lowest BCUT2D eigenvalue weighted by Gasteiger charge is -2.12. The van der Waals surface area contributed by atoms with E-state index in [1.54, 1.807) is 11.6 Å². The van der Waals surface area contributed by atoms with E-state index in [1.807, 2.05) is 30.4 Å². The highest BCUT2D eigenvalue weighted by atomic mass is 16.1. The average Bonchev–Trinajstić information content (AvgIpc) is 2.83. The molecule has 1 aromatic carbocycles. The lowest BCUT2D eigenvalue weighted by atomic mass is 10.1. The topological polar surface area (TPSA) is 59.3 Å². The number of fused-ring (bicyclic) bond motifs is 2. The van der Waals surface area contributed by atoms with Crippen LogP contribution < -0.4 is 10.9 Å². The summed E-state index contributed by atoms with van der Waals surface area (Å²) in [5.74, 6) is 7.03. The summed E-state index contributed by atoms with van der Waals surface area (Å²) in [5.41, 5.74) is 2.31. The molecule has 0 spiro atoms. The molecule has 0 saturated heterocycles. The summed E-state index contributed by atoms with van der Waals surface area (Å²) in [6.45, 7) is 5.64. The molecule has 2 heterocycles. The number of hydrogen-bond donors (Lipinski definition) is 1. The largest absolute Gasteiger partial charge is 0.312 e. The number of nitrogens with zero attached hydrogens (tertiary/aromatic N) is 3.